The Morgan fingerprint density at radius 3 is 1.98 bits per heavy atom. The molecule has 5 rings (SSSR count). The highest BCUT2D eigenvalue weighted by molar-refractivity contribution is 5.98. The number of nitrogens with one attached hydrogen (secondary N) is 4. The van der Waals surface area contributed by atoms with E-state index in [2.05, 4.69) is 21.3 Å². The Balaban J connectivity index is 1.28. The van der Waals surface area contributed by atoms with Crippen LogP contribution in [0, 0.1) is 0 Å². The minimum atomic E-state index is -1.24. The van der Waals surface area contributed by atoms with Gasteiger partial charge >= 0.3 is 12.1 Å². The fourth-order valence-electron chi connectivity index (χ4n) is 7.00. The lowest BCUT2D eigenvalue weighted by molar-refractivity contribution is -0.153. The van der Waals surface area contributed by atoms with Crippen molar-refractivity contribution in [2.45, 2.75) is 89.8 Å². The Labute approximate surface area is 379 Å². The number of rotatable bonds is 20. The number of benzene rings is 4. The highest BCUT2D eigenvalue weighted by atomic mass is 16.6. The summed E-state index contributed by atoms with van der Waals surface area (Å²) in [5, 5.41) is 10.9. The smallest absolute Gasteiger partial charge is 0.408 e. The summed E-state index contributed by atoms with van der Waals surface area (Å²) in [7, 11) is 0. The van der Waals surface area contributed by atoms with Crippen molar-refractivity contribution in [2.75, 3.05) is 19.7 Å². The maximum Gasteiger partial charge on any atom is 0.408 e. The number of amides is 5. The number of esters is 1. The quantitative estimate of drug-likeness (QED) is 0.0531. The first-order chi connectivity index (χ1) is 31.1. The first kappa shape index (κ1) is 48.7. The van der Waals surface area contributed by atoms with Crippen molar-refractivity contribution < 1.29 is 47.8 Å². The second-order valence-electron chi connectivity index (χ2n) is 16.6. The zero-order valence-corrected chi connectivity index (χ0v) is 37.1. The van der Waals surface area contributed by atoms with E-state index in [1.807, 2.05) is 84.9 Å². The Morgan fingerprint density at radius 2 is 1.35 bits per heavy atom. The lowest BCUT2D eigenvalue weighted by Gasteiger charge is -2.28. The molecule has 1 aliphatic rings. The number of likely N-dealkylation sites (tertiary alicyclic amines) is 1. The van der Waals surface area contributed by atoms with Gasteiger partial charge in [0, 0.05) is 38.1 Å². The van der Waals surface area contributed by atoms with Gasteiger partial charge in [-0.3, -0.25) is 24.0 Å². The molecule has 0 bridgehead atoms. The molecule has 1 fully saturated rings. The summed E-state index contributed by atoms with van der Waals surface area (Å²) in [6, 6.07) is 30.5. The summed E-state index contributed by atoms with van der Waals surface area (Å²) in [6.07, 6.45) is 3.09. The molecule has 4 aromatic carbocycles. The van der Waals surface area contributed by atoms with Crippen molar-refractivity contribution in [1.29, 1.82) is 0 Å². The summed E-state index contributed by atoms with van der Waals surface area (Å²) < 4.78 is 16.7. The van der Waals surface area contributed by atoms with Gasteiger partial charge in [-0.25, -0.2) is 9.59 Å². The molecule has 0 aliphatic carbocycles. The Bertz CT molecular complexity index is 2260. The van der Waals surface area contributed by atoms with Gasteiger partial charge in [-0.15, -0.1) is 0 Å². The third-order valence-electron chi connectivity index (χ3n) is 10.1. The first-order valence-corrected chi connectivity index (χ1v) is 21.5. The van der Waals surface area contributed by atoms with E-state index < -0.39 is 77.8 Å². The topological polar surface area (TPSA) is 199 Å². The number of carbonyl (C=O) groups excluding carboxylic acids is 7. The van der Waals surface area contributed by atoms with Crippen LogP contribution in [0.4, 0.5) is 4.79 Å². The summed E-state index contributed by atoms with van der Waals surface area (Å²) in [5.74, 6) is -2.82. The molecule has 1 aliphatic heterocycles. The lowest BCUT2D eigenvalue weighted by atomic mass is 10.0. The number of carbonyl (C=O) groups is 7. The van der Waals surface area contributed by atoms with E-state index in [1.165, 1.54) is 24.0 Å². The number of nitrogens with zero attached hydrogens (tertiary/aromatic N) is 1. The number of ether oxygens (including phenoxy) is 3. The molecule has 0 spiro atoms. The third-order valence-corrected chi connectivity index (χ3v) is 10.1. The molecular weight excluding hydrogens is 831 g/mol. The molecule has 15 heteroatoms. The van der Waals surface area contributed by atoms with E-state index in [9.17, 15) is 33.6 Å². The molecule has 1 saturated heterocycles. The van der Waals surface area contributed by atoms with Gasteiger partial charge in [0.2, 0.25) is 23.6 Å². The van der Waals surface area contributed by atoms with Crippen LogP contribution in [-0.2, 0) is 52.9 Å². The fourth-order valence-corrected chi connectivity index (χ4v) is 7.00. The third kappa shape index (κ3) is 16.4. The maximum atomic E-state index is 14.0. The van der Waals surface area contributed by atoms with Crippen LogP contribution in [0.3, 0.4) is 0 Å². The molecule has 5 amide bonds. The number of hydrogen-bond acceptors (Lipinski definition) is 10. The molecular formula is C50H57N5O10. The predicted molar refractivity (Wildman–Crippen MR) is 242 cm³/mol. The standard InChI is InChI=1S/C50H57N5O10/c1-34(56)52-42(47(60)55-28-14-21-43(55)48(61)64-33-44(57)38-19-12-7-13-20-38)31-51-45(58)27-24-39(29-36-22-25-40(26-23-36)63-32-37-17-10-6-11-18-37)53-46(59)41(30-35-15-8-5-9-16-35)54-49(62)65-50(2,3)4/h5-13,15-20,22-27,39,41-43H,14,21,28-33H2,1-4H3,(H,51,58)(H,52,56)(H,53,59)(H,54,62)/b27-24+/t39-,41-,42+,43+/m1/s1. The highest BCUT2D eigenvalue weighted by Gasteiger charge is 2.39. The van der Waals surface area contributed by atoms with E-state index in [-0.39, 0.29) is 25.9 Å². The molecule has 0 unspecified atom stereocenters. The van der Waals surface area contributed by atoms with Gasteiger partial charge < -0.3 is 40.4 Å². The van der Waals surface area contributed by atoms with E-state index in [4.69, 9.17) is 14.2 Å². The van der Waals surface area contributed by atoms with Gasteiger partial charge in [0.1, 0.15) is 36.1 Å². The number of Topliss-reactive ketones (excluding diaryl/α,β-unsaturated/α-hetero) is 1. The van der Waals surface area contributed by atoms with Crippen LogP contribution in [0.1, 0.15) is 67.6 Å². The van der Waals surface area contributed by atoms with Crippen LogP contribution in [0.25, 0.3) is 0 Å². The summed E-state index contributed by atoms with van der Waals surface area (Å²) in [4.78, 5) is 93.4. The van der Waals surface area contributed by atoms with E-state index in [0.29, 0.717) is 30.8 Å². The maximum absolute atomic E-state index is 14.0. The number of alkyl carbamates (subject to hydrolysis) is 1. The van der Waals surface area contributed by atoms with Gasteiger partial charge in [-0.1, -0.05) is 109 Å². The van der Waals surface area contributed by atoms with Crippen LogP contribution < -0.4 is 26.0 Å². The fraction of sp³-hybridized carbons (Fsp3) is 0.340. The van der Waals surface area contributed by atoms with Gasteiger partial charge in [0.15, 0.2) is 12.4 Å². The van der Waals surface area contributed by atoms with Crippen LogP contribution in [0.2, 0.25) is 0 Å². The Kier molecular flexibility index (Phi) is 18.0. The van der Waals surface area contributed by atoms with Crippen LogP contribution in [0.15, 0.2) is 127 Å². The van der Waals surface area contributed by atoms with Crippen LogP contribution in [-0.4, -0.2) is 95.8 Å². The van der Waals surface area contributed by atoms with Crippen LogP contribution in [0.5, 0.6) is 5.75 Å². The summed E-state index contributed by atoms with van der Waals surface area (Å²) >= 11 is 0. The zero-order chi connectivity index (χ0) is 46.8. The minimum Gasteiger partial charge on any atom is -0.489 e. The molecule has 342 valence electrons. The second-order valence-corrected chi connectivity index (χ2v) is 16.6. The van der Waals surface area contributed by atoms with Crippen LogP contribution >= 0.6 is 0 Å². The average molecular weight is 888 g/mol. The predicted octanol–water partition coefficient (Wildman–Crippen LogP) is 5.02. The normalized spacial score (nSPS) is 14.9. The summed E-state index contributed by atoms with van der Waals surface area (Å²) in [5.41, 5.74) is 2.16. The van der Waals surface area contributed by atoms with Gasteiger partial charge in [-0.2, -0.15) is 0 Å². The number of hydrogen-bond donors (Lipinski definition) is 4. The molecule has 1 heterocycles. The van der Waals surface area contributed by atoms with E-state index >= 15 is 0 Å². The van der Waals surface area contributed by atoms with Crippen molar-refractivity contribution in [3.63, 3.8) is 0 Å². The molecule has 15 nitrogen and oxygen atoms in total. The molecule has 0 aromatic heterocycles. The van der Waals surface area contributed by atoms with Gasteiger partial charge in [-0.05, 0) is 68.9 Å². The van der Waals surface area contributed by atoms with E-state index in [1.54, 1.807) is 51.1 Å². The zero-order valence-electron chi connectivity index (χ0n) is 37.1. The molecule has 0 radical (unpaired) electrons. The lowest BCUT2D eigenvalue weighted by Crippen LogP contribution is -2.55. The van der Waals surface area contributed by atoms with Gasteiger partial charge in [0.05, 0.1) is 6.04 Å². The Hall–Kier alpha value is -7.29. The van der Waals surface area contributed by atoms with Crippen molar-refractivity contribution in [1.82, 2.24) is 26.2 Å². The molecule has 4 N–H and O–H groups in total. The summed E-state index contributed by atoms with van der Waals surface area (Å²) in [6.45, 7) is 6.13. The largest absolute Gasteiger partial charge is 0.489 e. The van der Waals surface area contributed by atoms with Crippen molar-refractivity contribution >= 4 is 41.5 Å². The average Bonchev–Trinajstić information content (AvgIpc) is 3.79. The second kappa shape index (κ2) is 24.0. The van der Waals surface area contributed by atoms with Gasteiger partial charge in [0.25, 0.3) is 0 Å². The SMILES string of the molecule is CC(=O)N[C@@H](CNC(=O)/C=C/[C@H](Cc1ccc(OCc2ccccc2)cc1)NC(=O)[C@@H](Cc1ccccc1)NC(=O)OC(C)(C)C)C(=O)N1CCC[C@H]1C(=O)OCC(=O)c1ccccc1. The molecule has 65 heavy (non-hydrogen) atoms. The highest BCUT2D eigenvalue weighted by Crippen LogP contribution is 2.21. The monoisotopic (exact) mass is 887 g/mol. The first-order valence-electron chi connectivity index (χ1n) is 21.5. The Morgan fingerprint density at radius 1 is 0.738 bits per heavy atom. The molecule has 4 aromatic rings. The van der Waals surface area contributed by atoms with Crippen molar-refractivity contribution in [3.05, 3.63) is 150 Å². The van der Waals surface area contributed by atoms with E-state index in [0.717, 1.165) is 16.7 Å². The van der Waals surface area contributed by atoms with Crippen molar-refractivity contribution in [2.24, 2.45) is 0 Å². The molecule has 0 saturated carbocycles. The molecule has 4 atom stereocenters. The minimum absolute atomic E-state index is 0.149. The number of ketones is 1. The van der Waals surface area contributed by atoms with Crippen molar-refractivity contribution in [3.8, 4) is 5.75 Å².